The number of allylic oxidation sites excluding steroid dienone is 1. The molecule has 1 spiro atoms. The molecule has 2 aliphatic heterocycles. The van der Waals surface area contributed by atoms with Crippen molar-refractivity contribution in [1.29, 1.82) is 0 Å². The summed E-state index contributed by atoms with van der Waals surface area (Å²) in [5.41, 5.74) is -0.614. The molecule has 26 heavy (non-hydrogen) atoms. The van der Waals surface area contributed by atoms with Crippen LogP contribution in [0.1, 0.15) is 46.5 Å². The van der Waals surface area contributed by atoms with E-state index in [4.69, 9.17) is 9.47 Å². The maximum absolute atomic E-state index is 11.8. The van der Waals surface area contributed by atoms with E-state index < -0.39 is 24.3 Å². The molecule has 3 N–H and O–H groups in total. The second kappa shape index (κ2) is 5.77. The first kappa shape index (κ1) is 18.4. The Hall–Kier alpha value is -0.950. The van der Waals surface area contributed by atoms with E-state index in [1.165, 1.54) is 0 Å². The van der Waals surface area contributed by atoms with E-state index in [1.54, 1.807) is 0 Å². The Bertz CT molecular complexity index is 636. The molecule has 0 radical (unpaired) electrons. The molecular formula is C20H30O6. The number of hydrogen-bond acceptors (Lipinski definition) is 6. The highest BCUT2D eigenvalue weighted by Gasteiger charge is 2.68. The Morgan fingerprint density at radius 1 is 1.23 bits per heavy atom. The summed E-state index contributed by atoms with van der Waals surface area (Å²) in [5.74, 6) is -0.360. The number of rotatable bonds is 2. The molecular weight excluding hydrogens is 336 g/mol. The summed E-state index contributed by atoms with van der Waals surface area (Å²) in [6, 6.07) is 0. The first-order chi connectivity index (χ1) is 12.1. The molecule has 6 heteroatoms. The van der Waals surface area contributed by atoms with Crippen LogP contribution in [0.3, 0.4) is 0 Å². The van der Waals surface area contributed by atoms with Crippen molar-refractivity contribution < 1.29 is 29.6 Å². The second-order valence-electron chi connectivity index (χ2n) is 9.55. The van der Waals surface area contributed by atoms with Gasteiger partial charge in [-0.2, -0.15) is 0 Å². The van der Waals surface area contributed by atoms with Crippen molar-refractivity contribution in [3.63, 3.8) is 0 Å². The number of cyclic esters (lactones) is 1. The third-order valence-corrected chi connectivity index (χ3v) is 7.75. The van der Waals surface area contributed by atoms with Gasteiger partial charge in [0.1, 0.15) is 12.7 Å². The molecule has 0 amide bonds. The highest BCUT2D eigenvalue weighted by molar-refractivity contribution is 5.91. The number of aliphatic hydroxyl groups is 3. The highest BCUT2D eigenvalue weighted by atomic mass is 16.6. The van der Waals surface area contributed by atoms with Gasteiger partial charge in [-0.1, -0.05) is 26.8 Å². The Morgan fingerprint density at radius 3 is 2.50 bits per heavy atom. The average Bonchev–Trinajstić information content (AvgIpc) is 3.23. The summed E-state index contributed by atoms with van der Waals surface area (Å²) in [6.45, 7) is 6.93. The SMILES string of the molecule is CC1(C)[C@@H](O)CC[C@@]2(C)[C@H]1[C@H](O)C[C@@]1(CO1)[C@@H]2C/C=C1/C(=O)OC[C@@H]1O. The van der Waals surface area contributed by atoms with Crippen molar-refractivity contribution in [3.8, 4) is 0 Å². The van der Waals surface area contributed by atoms with Crippen LogP contribution in [-0.2, 0) is 14.3 Å². The molecule has 0 aromatic carbocycles. The topological polar surface area (TPSA) is 99.5 Å². The predicted molar refractivity (Wildman–Crippen MR) is 93.1 cm³/mol. The van der Waals surface area contributed by atoms with Crippen LogP contribution in [0.5, 0.6) is 0 Å². The number of ether oxygens (including phenoxy) is 2. The first-order valence-corrected chi connectivity index (χ1v) is 9.67. The lowest BCUT2D eigenvalue weighted by atomic mass is 9.44. The molecule has 4 rings (SSSR count). The Labute approximate surface area is 154 Å². The summed E-state index contributed by atoms with van der Waals surface area (Å²) in [4.78, 5) is 11.8. The van der Waals surface area contributed by atoms with Crippen molar-refractivity contribution in [1.82, 2.24) is 0 Å². The highest BCUT2D eigenvalue weighted by Crippen LogP contribution is 2.66. The van der Waals surface area contributed by atoms with Crippen LogP contribution < -0.4 is 0 Å². The Morgan fingerprint density at radius 2 is 1.92 bits per heavy atom. The summed E-state index contributed by atoms with van der Waals surface area (Å²) in [6.07, 6.45) is 2.67. The van der Waals surface area contributed by atoms with Gasteiger partial charge in [-0.15, -0.1) is 0 Å². The summed E-state index contributed by atoms with van der Waals surface area (Å²) < 4.78 is 10.8. The normalized spacial score (nSPS) is 51.4. The molecule has 6 nitrogen and oxygen atoms in total. The van der Waals surface area contributed by atoms with Gasteiger partial charge in [0.25, 0.3) is 0 Å². The molecule has 0 aromatic heterocycles. The Kier molecular flexibility index (Phi) is 4.09. The lowest BCUT2D eigenvalue weighted by Gasteiger charge is -2.61. The number of epoxide rings is 1. The first-order valence-electron chi connectivity index (χ1n) is 9.67. The smallest absolute Gasteiger partial charge is 0.336 e. The van der Waals surface area contributed by atoms with Gasteiger partial charge in [-0.25, -0.2) is 4.79 Å². The van der Waals surface area contributed by atoms with Crippen LogP contribution in [0, 0.1) is 22.7 Å². The van der Waals surface area contributed by atoms with Crippen LogP contribution in [0.2, 0.25) is 0 Å². The lowest BCUT2D eigenvalue weighted by molar-refractivity contribution is -0.198. The summed E-state index contributed by atoms with van der Waals surface area (Å²) in [5, 5.41) is 31.5. The van der Waals surface area contributed by atoms with E-state index in [-0.39, 0.29) is 34.9 Å². The molecule has 0 bridgehead atoms. The number of aliphatic hydroxyl groups excluding tert-OH is 3. The minimum atomic E-state index is -0.860. The lowest BCUT2D eigenvalue weighted by Crippen LogP contribution is -2.63. The van der Waals surface area contributed by atoms with Crippen molar-refractivity contribution >= 4 is 5.97 Å². The monoisotopic (exact) mass is 366 g/mol. The predicted octanol–water partition coefficient (Wildman–Crippen LogP) is 1.17. The van der Waals surface area contributed by atoms with Crippen LogP contribution in [0.4, 0.5) is 0 Å². The molecule has 2 heterocycles. The molecule has 4 aliphatic rings. The maximum Gasteiger partial charge on any atom is 0.336 e. The third-order valence-electron chi connectivity index (χ3n) is 7.75. The van der Waals surface area contributed by atoms with Crippen molar-refractivity contribution in [2.24, 2.45) is 22.7 Å². The maximum atomic E-state index is 11.8. The fraction of sp³-hybridized carbons (Fsp3) is 0.850. The third kappa shape index (κ3) is 2.49. The van der Waals surface area contributed by atoms with E-state index in [0.717, 1.165) is 6.42 Å². The van der Waals surface area contributed by atoms with Gasteiger partial charge in [-0.3, -0.25) is 0 Å². The van der Waals surface area contributed by atoms with Crippen LogP contribution in [-0.4, -0.2) is 58.4 Å². The molecule has 146 valence electrons. The Balaban J connectivity index is 1.68. The minimum absolute atomic E-state index is 0.0226. The minimum Gasteiger partial charge on any atom is -0.459 e. The van der Waals surface area contributed by atoms with Crippen molar-refractivity contribution in [2.75, 3.05) is 13.2 Å². The largest absolute Gasteiger partial charge is 0.459 e. The van der Waals surface area contributed by atoms with E-state index in [2.05, 4.69) is 6.92 Å². The molecule has 0 aromatic rings. The van der Waals surface area contributed by atoms with E-state index >= 15 is 0 Å². The number of esters is 1. The summed E-state index contributed by atoms with van der Waals surface area (Å²) in [7, 11) is 0. The number of carbonyl (C=O) groups excluding carboxylic acids is 1. The van der Waals surface area contributed by atoms with Crippen LogP contribution >= 0.6 is 0 Å². The second-order valence-corrected chi connectivity index (χ2v) is 9.55. The van der Waals surface area contributed by atoms with Crippen LogP contribution in [0.25, 0.3) is 0 Å². The number of hydrogen-bond donors (Lipinski definition) is 3. The average molecular weight is 366 g/mol. The van der Waals surface area contributed by atoms with E-state index in [9.17, 15) is 20.1 Å². The van der Waals surface area contributed by atoms with Crippen molar-refractivity contribution in [2.45, 2.75) is 70.4 Å². The van der Waals surface area contributed by atoms with Crippen molar-refractivity contribution in [3.05, 3.63) is 11.6 Å². The fourth-order valence-corrected chi connectivity index (χ4v) is 6.40. The van der Waals surface area contributed by atoms with Gasteiger partial charge in [0.05, 0.1) is 30.0 Å². The van der Waals surface area contributed by atoms with Gasteiger partial charge in [0, 0.05) is 6.42 Å². The number of carbonyl (C=O) groups is 1. The van der Waals surface area contributed by atoms with Crippen LogP contribution in [0.15, 0.2) is 11.6 Å². The number of fused-ring (bicyclic) bond motifs is 1. The zero-order chi connectivity index (χ0) is 18.9. The van der Waals surface area contributed by atoms with Gasteiger partial charge in [-0.05, 0) is 41.9 Å². The van der Waals surface area contributed by atoms with Gasteiger partial charge in [0.2, 0.25) is 0 Å². The zero-order valence-electron chi connectivity index (χ0n) is 15.8. The quantitative estimate of drug-likeness (QED) is 0.385. The standard InChI is InChI=1S/C20H30O6/c1-18(2)15(23)6-7-19(3)14(5-4-11-13(22)9-25-17(11)24)20(10-26-20)8-12(21)16(18)19/h4,12-16,21-23H,5-10H2,1-3H3/b11-4+/t12-,13+,14-,15+,16+,19-,20-/m1/s1. The fourth-order valence-electron chi connectivity index (χ4n) is 6.40. The zero-order valence-corrected chi connectivity index (χ0v) is 15.8. The molecule has 2 saturated carbocycles. The molecule has 2 aliphatic carbocycles. The molecule has 4 fully saturated rings. The molecule has 2 saturated heterocycles. The van der Waals surface area contributed by atoms with Gasteiger partial charge in [0.15, 0.2) is 0 Å². The van der Waals surface area contributed by atoms with Gasteiger partial charge >= 0.3 is 5.97 Å². The summed E-state index contributed by atoms with van der Waals surface area (Å²) >= 11 is 0. The molecule has 7 atom stereocenters. The van der Waals surface area contributed by atoms with E-state index in [0.29, 0.717) is 31.4 Å². The molecule has 0 unspecified atom stereocenters. The van der Waals surface area contributed by atoms with Gasteiger partial charge < -0.3 is 24.8 Å². The van der Waals surface area contributed by atoms with E-state index in [1.807, 2.05) is 19.9 Å².